The van der Waals surface area contributed by atoms with E-state index in [1.165, 1.54) is 30.9 Å². The Morgan fingerprint density at radius 3 is 2.50 bits per heavy atom. The van der Waals surface area contributed by atoms with Crippen LogP contribution in [0.1, 0.15) is 10.5 Å². The normalized spacial score (nSPS) is 10.6. The molecule has 0 radical (unpaired) electrons. The highest BCUT2D eigenvalue weighted by molar-refractivity contribution is 7.99. The van der Waals surface area contributed by atoms with Gasteiger partial charge in [0.1, 0.15) is 5.69 Å². The van der Waals surface area contributed by atoms with Crippen molar-refractivity contribution in [2.24, 2.45) is 14.1 Å². The van der Waals surface area contributed by atoms with Crippen LogP contribution in [-0.4, -0.2) is 25.2 Å². The van der Waals surface area contributed by atoms with Crippen molar-refractivity contribution in [3.8, 4) is 0 Å². The molecule has 0 atom stereocenters. The average Bonchev–Trinajstić information content (AvgIpc) is 2.97. The van der Waals surface area contributed by atoms with E-state index in [4.69, 9.17) is 0 Å². The Morgan fingerprint density at radius 2 is 1.88 bits per heavy atom. The molecule has 24 heavy (non-hydrogen) atoms. The van der Waals surface area contributed by atoms with Gasteiger partial charge in [-0.25, -0.2) is 9.67 Å². The van der Waals surface area contributed by atoms with Crippen LogP contribution in [0.2, 0.25) is 0 Å². The Bertz CT molecular complexity index is 930. The molecule has 0 bridgehead atoms. The molecule has 1 aromatic carbocycles. The Labute approximate surface area is 142 Å². The van der Waals surface area contributed by atoms with Gasteiger partial charge in [-0.3, -0.25) is 9.59 Å². The van der Waals surface area contributed by atoms with Crippen LogP contribution in [0.3, 0.4) is 0 Å². The van der Waals surface area contributed by atoms with E-state index in [-0.39, 0.29) is 17.2 Å². The number of imidazole rings is 1. The van der Waals surface area contributed by atoms with E-state index in [0.29, 0.717) is 5.69 Å². The molecule has 2 heterocycles. The Morgan fingerprint density at radius 1 is 1.12 bits per heavy atom. The molecule has 122 valence electrons. The Kier molecular flexibility index (Phi) is 4.48. The summed E-state index contributed by atoms with van der Waals surface area (Å²) in [5.41, 5.74) is 0.575. The van der Waals surface area contributed by atoms with Gasteiger partial charge < -0.3 is 9.88 Å². The summed E-state index contributed by atoms with van der Waals surface area (Å²) in [6.07, 6.45) is 3.63. The summed E-state index contributed by atoms with van der Waals surface area (Å²) in [5, 5.41) is 7.57. The van der Waals surface area contributed by atoms with Gasteiger partial charge in [0.15, 0.2) is 5.16 Å². The summed E-state index contributed by atoms with van der Waals surface area (Å²) in [4.78, 5) is 28.7. The molecule has 8 heteroatoms. The quantitative estimate of drug-likeness (QED) is 0.784. The maximum absolute atomic E-state index is 12.2. The highest BCUT2D eigenvalue weighted by Gasteiger charge is 2.09. The van der Waals surface area contributed by atoms with Crippen molar-refractivity contribution in [2.75, 3.05) is 5.32 Å². The predicted molar refractivity (Wildman–Crippen MR) is 91.2 cm³/mol. The molecule has 0 aliphatic heterocycles. The van der Waals surface area contributed by atoms with Crippen molar-refractivity contribution in [3.63, 3.8) is 0 Å². The fraction of sp³-hybridized carbons (Fsp3) is 0.125. The molecule has 0 aliphatic rings. The van der Waals surface area contributed by atoms with Crippen molar-refractivity contribution in [3.05, 3.63) is 64.8 Å². The van der Waals surface area contributed by atoms with Crippen LogP contribution in [0.5, 0.6) is 0 Å². The zero-order valence-electron chi connectivity index (χ0n) is 13.1. The largest absolute Gasteiger partial charge is 0.329 e. The number of hydrogen-bond acceptors (Lipinski definition) is 5. The van der Waals surface area contributed by atoms with E-state index in [1.807, 2.05) is 42.1 Å². The molecule has 0 saturated heterocycles. The lowest BCUT2D eigenvalue weighted by molar-refractivity contribution is 0.102. The first-order chi connectivity index (χ1) is 11.5. The van der Waals surface area contributed by atoms with E-state index in [9.17, 15) is 9.59 Å². The van der Waals surface area contributed by atoms with Crippen LogP contribution in [0, 0.1) is 0 Å². The van der Waals surface area contributed by atoms with Gasteiger partial charge in [-0.05, 0) is 30.3 Å². The second kappa shape index (κ2) is 6.71. The van der Waals surface area contributed by atoms with Gasteiger partial charge in [0, 0.05) is 43.1 Å². The average molecular weight is 341 g/mol. The number of carbonyl (C=O) groups is 1. The number of benzene rings is 1. The third kappa shape index (κ3) is 3.54. The van der Waals surface area contributed by atoms with E-state index in [0.717, 1.165) is 14.7 Å². The van der Waals surface area contributed by atoms with Crippen molar-refractivity contribution >= 4 is 23.4 Å². The van der Waals surface area contributed by atoms with Crippen LogP contribution in [0.4, 0.5) is 5.69 Å². The first-order valence-corrected chi connectivity index (χ1v) is 7.95. The third-order valence-corrected chi connectivity index (χ3v) is 4.38. The van der Waals surface area contributed by atoms with Gasteiger partial charge in [0.05, 0.1) is 0 Å². The fourth-order valence-electron chi connectivity index (χ4n) is 1.98. The molecule has 0 unspecified atom stereocenters. The highest BCUT2D eigenvalue weighted by atomic mass is 32.2. The molecule has 2 aromatic heterocycles. The standard InChI is InChI=1S/C16H15N5O2S/c1-20-10-9-17-16(20)24-12-5-3-11(4-6-12)18-15(23)13-7-8-14(22)21(2)19-13/h3-10H,1-2H3,(H,18,23). The van der Waals surface area contributed by atoms with Gasteiger partial charge >= 0.3 is 0 Å². The van der Waals surface area contributed by atoms with Gasteiger partial charge in [0.2, 0.25) is 0 Å². The van der Waals surface area contributed by atoms with E-state index in [2.05, 4.69) is 15.4 Å². The minimum Gasteiger partial charge on any atom is -0.329 e. The summed E-state index contributed by atoms with van der Waals surface area (Å²) in [5.74, 6) is -0.366. The van der Waals surface area contributed by atoms with Crippen molar-refractivity contribution in [1.82, 2.24) is 19.3 Å². The van der Waals surface area contributed by atoms with Gasteiger partial charge in [-0.15, -0.1) is 0 Å². The van der Waals surface area contributed by atoms with Crippen LogP contribution < -0.4 is 10.9 Å². The van der Waals surface area contributed by atoms with E-state index < -0.39 is 0 Å². The number of hydrogen-bond donors (Lipinski definition) is 1. The van der Waals surface area contributed by atoms with Crippen molar-refractivity contribution in [2.45, 2.75) is 10.1 Å². The van der Waals surface area contributed by atoms with E-state index in [1.54, 1.807) is 6.20 Å². The van der Waals surface area contributed by atoms with Crippen LogP contribution in [0.25, 0.3) is 0 Å². The van der Waals surface area contributed by atoms with Gasteiger partial charge in [-0.1, -0.05) is 11.8 Å². The minimum absolute atomic E-state index is 0.184. The van der Waals surface area contributed by atoms with Crippen molar-refractivity contribution in [1.29, 1.82) is 0 Å². The number of amides is 1. The van der Waals surface area contributed by atoms with Gasteiger partial charge in [0.25, 0.3) is 11.5 Å². The molecule has 0 aliphatic carbocycles. The number of anilines is 1. The Balaban J connectivity index is 1.69. The highest BCUT2D eigenvalue weighted by Crippen LogP contribution is 2.26. The van der Waals surface area contributed by atoms with Crippen molar-refractivity contribution < 1.29 is 4.79 Å². The minimum atomic E-state index is -0.366. The second-order valence-electron chi connectivity index (χ2n) is 5.08. The monoisotopic (exact) mass is 341 g/mol. The summed E-state index contributed by atoms with van der Waals surface area (Å²) in [6, 6.07) is 10.2. The zero-order valence-corrected chi connectivity index (χ0v) is 13.9. The lowest BCUT2D eigenvalue weighted by atomic mass is 10.3. The summed E-state index contributed by atoms with van der Waals surface area (Å²) in [6.45, 7) is 0. The summed E-state index contributed by atoms with van der Waals surface area (Å²) in [7, 11) is 3.44. The fourth-order valence-corrected chi connectivity index (χ4v) is 2.78. The third-order valence-electron chi connectivity index (χ3n) is 3.29. The van der Waals surface area contributed by atoms with Crippen LogP contribution in [-0.2, 0) is 14.1 Å². The number of aryl methyl sites for hydroxylation is 2. The number of carbonyl (C=O) groups excluding carboxylic acids is 1. The molecular weight excluding hydrogens is 326 g/mol. The van der Waals surface area contributed by atoms with E-state index >= 15 is 0 Å². The van der Waals surface area contributed by atoms with Crippen LogP contribution >= 0.6 is 11.8 Å². The maximum atomic E-state index is 12.2. The first kappa shape index (κ1) is 16.0. The molecule has 7 nitrogen and oxygen atoms in total. The number of aromatic nitrogens is 4. The first-order valence-electron chi connectivity index (χ1n) is 7.14. The lowest BCUT2D eigenvalue weighted by Crippen LogP contribution is -2.23. The number of nitrogens with one attached hydrogen (secondary N) is 1. The molecule has 0 fully saturated rings. The molecule has 1 N–H and O–H groups in total. The molecule has 3 aromatic rings. The number of nitrogens with zero attached hydrogens (tertiary/aromatic N) is 4. The second-order valence-corrected chi connectivity index (χ2v) is 6.12. The Hall–Kier alpha value is -2.87. The maximum Gasteiger partial charge on any atom is 0.276 e. The predicted octanol–water partition coefficient (Wildman–Crippen LogP) is 1.92. The topological polar surface area (TPSA) is 81.8 Å². The smallest absolute Gasteiger partial charge is 0.276 e. The number of rotatable bonds is 4. The van der Waals surface area contributed by atoms with Crippen LogP contribution in [0.15, 0.2) is 63.6 Å². The van der Waals surface area contributed by atoms with Gasteiger partial charge in [-0.2, -0.15) is 5.10 Å². The molecule has 0 spiro atoms. The molecule has 3 rings (SSSR count). The zero-order chi connectivity index (χ0) is 17.1. The SMILES string of the molecule is Cn1ccnc1Sc1ccc(NC(=O)c2ccc(=O)n(C)n2)cc1. The molecule has 0 saturated carbocycles. The molecular formula is C16H15N5O2S. The molecule has 1 amide bonds. The summed E-state index contributed by atoms with van der Waals surface area (Å²) < 4.78 is 3.06. The summed E-state index contributed by atoms with van der Waals surface area (Å²) >= 11 is 1.54. The lowest BCUT2D eigenvalue weighted by Gasteiger charge is -2.07.